The van der Waals surface area contributed by atoms with E-state index in [-0.39, 0.29) is 21.9 Å². The summed E-state index contributed by atoms with van der Waals surface area (Å²) in [4.78, 5) is 2.47. The molecule has 4 nitrogen and oxygen atoms in total. The highest BCUT2D eigenvalue weighted by Crippen LogP contribution is 2.41. The fourth-order valence-corrected chi connectivity index (χ4v) is 6.66. The van der Waals surface area contributed by atoms with Crippen molar-refractivity contribution < 1.29 is 21.8 Å². The Kier molecular flexibility index (Phi) is 11.1. The molecule has 1 aliphatic rings. The summed E-state index contributed by atoms with van der Waals surface area (Å²) in [7, 11) is -4.02. The van der Waals surface area contributed by atoms with E-state index in [9.17, 15) is 17.2 Å². The Morgan fingerprint density at radius 2 is 1.15 bits per heavy atom. The fourth-order valence-electron chi connectivity index (χ4n) is 6.18. The number of hydrogen-bond donors (Lipinski definition) is 1. The summed E-state index contributed by atoms with van der Waals surface area (Å²) in [5.74, 6) is -0.517. The van der Waals surface area contributed by atoms with Gasteiger partial charge in [-0.1, -0.05) is 109 Å². The van der Waals surface area contributed by atoms with E-state index in [1.807, 2.05) is 6.92 Å². The predicted octanol–water partition coefficient (Wildman–Crippen LogP) is 9.11. The average Bonchev–Trinajstić information content (AvgIpc) is 3.09. The van der Waals surface area contributed by atoms with Gasteiger partial charge >= 0.3 is 0 Å². The Labute approximate surface area is 276 Å². The standard InChI is InChI=1S/C33H31F2N.C7H8O3S/c34-30-17-13-26(14-18-30)32(27-15-19-31(35)20-16-27)12-7-23-36-24-21-33(22-25-36,28-8-3-1-4-9-28)29-10-5-2-6-11-29;1-6-2-4-7(5-3-6)11(8,9)10/h1-6,8-20H,7,21-25H2;2-5H,1H3,(H,8,9,10). The lowest BCUT2D eigenvalue weighted by molar-refractivity contribution is 0.182. The topological polar surface area (TPSA) is 57.6 Å². The minimum Gasteiger partial charge on any atom is -0.303 e. The first-order valence-electron chi connectivity index (χ1n) is 15.7. The quantitative estimate of drug-likeness (QED) is 0.170. The van der Waals surface area contributed by atoms with Gasteiger partial charge in [0.1, 0.15) is 11.6 Å². The van der Waals surface area contributed by atoms with Gasteiger partial charge in [0, 0.05) is 12.0 Å². The van der Waals surface area contributed by atoms with E-state index in [2.05, 4.69) is 71.6 Å². The number of rotatable bonds is 8. The van der Waals surface area contributed by atoms with Crippen LogP contribution in [0.5, 0.6) is 0 Å². The maximum Gasteiger partial charge on any atom is 0.294 e. The van der Waals surface area contributed by atoms with E-state index >= 15 is 0 Å². The maximum atomic E-state index is 13.5. The molecule has 0 atom stereocenters. The Bertz CT molecular complexity index is 1760. The van der Waals surface area contributed by atoms with Crippen LogP contribution in [0.15, 0.2) is 144 Å². The molecule has 0 unspecified atom stereocenters. The third kappa shape index (κ3) is 8.89. The highest BCUT2D eigenvalue weighted by molar-refractivity contribution is 7.85. The van der Waals surface area contributed by atoms with Crippen LogP contribution in [0.1, 0.15) is 47.1 Å². The van der Waals surface area contributed by atoms with Crippen LogP contribution < -0.4 is 0 Å². The maximum absolute atomic E-state index is 13.5. The summed E-state index contributed by atoms with van der Waals surface area (Å²) in [5.41, 5.74) is 6.67. The van der Waals surface area contributed by atoms with Crippen LogP contribution in [-0.2, 0) is 15.5 Å². The van der Waals surface area contributed by atoms with E-state index in [1.165, 1.54) is 47.5 Å². The lowest BCUT2D eigenvalue weighted by atomic mass is 9.68. The first-order valence-corrected chi connectivity index (χ1v) is 17.2. The number of likely N-dealkylation sites (tertiary alicyclic amines) is 1. The number of nitrogens with zero attached hydrogens (tertiary/aromatic N) is 1. The van der Waals surface area contributed by atoms with Gasteiger partial charge in [-0.2, -0.15) is 8.42 Å². The fraction of sp³-hybridized carbons (Fsp3) is 0.200. The molecule has 1 fully saturated rings. The first-order chi connectivity index (χ1) is 22.6. The largest absolute Gasteiger partial charge is 0.303 e. The van der Waals surface area contributed by atoms with Crippen molar-refractivity contribution in [1.82, 2.24) is 4.90 Å². The number of aryl methyl sites for hydroxylation is 1. The zero-order chi connectivity index (χ0) is 33.3. The van der Waals surface area contributed by atoms with Gasteiger partial charge in [0.15, 0.2) is 0 Å². The minimum absolute atomic E-state index is 0.0439. The third-order valence-electron chi connectivity index (χ3n) is 8.79. The molecule has 47 heavy (non-hydrogen) atoms. The zero-order valence-corrected chi connectivity index (χ0v) is 27.2. The molecule has 6 rings (SSSR count). The number of benzene rings is 5. The molecule has 0 radical (unpaired) electrons. The molecule has 0 bridgehead atoms. The zero-order valence-electron chi connectivity index (χ0n) is 26.4. The van der Waals surface area contributed by atoms with E-state index in [0.29, 0.717) is 0 Å². The molecular weight excluding hydrogens is 613 g/mol. The molecule has 5 aromatic rings. The summed E-state index contributed by atoms with van der Waals surface area (Å²) in [6.45, 7) is 4.85. The highest BCUT2D eigenvalue weighted by Gasteiger charge is 2.37. The molecule has 0 aromatic heterocycles. The van der Waals surface area contributed by atoms with Crippen LogP contribution in [0.3, 0.4) is 0 Å². The van der Waals surface area contributed by atoms with Crippen molar-refractivity contribution in [3.05, 3.63) is 179 Å². The van der Waals surface area contributed by atoms with Gasteiger partial charge in [-0.3, -0.25) is 4.55 Å². The van der Waals surface area contributed by atoms with E-state index in [1.54, 1.807) is 36.4 Å². The highest BCUT2D eigenvalue weighted by atomic mass is 32.2. The van der Waals surface area contributed by atoms with Gasteiger partial charge in [-0.25, -0.2) is 8.78 Å². The lowest BCUT2D eigenvalue weighted by Crippen LogP contribution is -2.43. The van der Waals surface area contributed by atoms with Crippen molar-refractivity contribution >= 4 is 15.7 Å². The summed E-state index contributed by atoms with van der Waals surface area (Å²) < 4.78 is 56.6. The number of hydrogen-bond acceptors (Lipinski definition) is 3. The second-order valence-electron chi connectivity index (χ2n) is 11.9. The van der Waals surface area contributed by atoms with E-state index in [4.69, 9.17) is 4.55 Å². The summed E-state index contributed by atoms with van der Waals surface area (Å²) in [6.07, 6.45) is 5.23. The minimum atomic E-state index is -4.02. The Balaban J connectivity index is 0.000000335. The van der Waals surface area contributed by atoms with Crippen molar-refractivity contribution in [2.24, 2.45) is 0 Å². The molecule has 242 valence electrons. The number of halogens is 2. The lowest BCUT2D eigenvalue weighted by Gasteiger charge is -2.43. The van der Waals surface area contributed by atoms with Crippen molar-refractivity contribution in [2.75, 3.05) is 19.6 Å². The van der Waals surface area contributed by atoms with Crippen LogP contribution in [0.2, 0.25) is 0 Å². The van der Waals surface area contributed by atoms with Crippen LogP contribution in [0, 0.1) is 18.6 Å². The molecule has 7 heteroatoms. The molecule has 0 saturated carbocycles. The summed E-state index contributed by atoms with van der Waals surface area (Å²) >= 11 is 0. The second kappa shape index (κ2) is 15.4. The van der Waals surface area contributed by atoms with E-state index in [0.717, 1.165) is 61.2 Å². The van der Waals surface area contributed by atoms with Gasteiger partial charge in [0.25, 0.3) is 10.1 Å². The van der Waals surface area contributed by atoms with Crippen LogP contribution in [0.25, 0.3) is 5.57 Å². The van der Waals surface area contributed by atoms with Crippen LogP contribution in [0.4, 0.5) is 8.78 Å². The second-order valence-corrected chi connectivity index (χ2v) is 13.3. The molecule has 0 aliphatic carbocycles. The molecule has 0 spiro atoms. The van der Waals surface area contributed by atoms with Crippen molar-refractivity contribution in [2.45, 2.75) is 36.5 Å². The Morgan fingerprint density at radius 1 is 0.702 bits per heavy atom. The van der Waals surface area contributed by atoms with Gasteiger partial charge in [0.2, 0.25) is 0 Å². The molecule has 1 aliphatic heterocycles. The first kappa shape index (κ1) is 33.9. The molecule has 1 heterocycles. The predicted molar refractivity (Wildman–Crippen MR) is 185 cm³/mol. The van der Waals surface area contributed by atoms with Crippen molar-refractivity contribution in [1.29, 1.82) is 0 Å². The molecule has 0 amide bonds. The third-order valence-corrected chi connectivity index (χ3v) is 9.65. The monoisotopic (exact) mass is 651 g/mol. The molecular formula is C40H39F2NO3S. The summed E-state index contributed by atoms with van der Waals surface area (Å²) in [6, 6.07) is 40.9. The molecule has 1 N–H and O–H groups in total. The Morgan fingerprint density at radius 3 is 1.57 bits per heavy atom. The van der Waals surface area contributed by atoms with Gasteiger partial charge in [-0.15, -0.1) is 0 Å². The van der Waals surface area contributed by atoms with Crippen LogP contribution >= 0.6 is 0 Å². The van der Waals surface area contributed by atoms with Gasteiger partial charge in [0.05, 0.1) is 4.90 Å². The van der Waals surface area contributed by atoms with Crippen molar-refractivity contribution in [3.8, 4) is 0 Å². The molecule has 5 aromatic carbocycles. The average molecular weight is 652 g/mol. The van der Waals surface area contributed by atoms with Crippen molar-refractivity contribution in [3.63, 3.8) is 0 Å². The van der Waals surface area contributed by atoms with Crippen LogP contribution in [-0.4, -0.2) is 37.5 Å². The normalized spacial score (nSPS) is 14.5. The Hall–Kier alpha value is -4.43. The van der Waals surface area contributed by atoms with E-state index < -0.39 is 10.1 Å². The van der Waals surface area contributed by atoms with Gasteiger partial charge < -0.3 is 4.90 Å². The SMILES string of the molecule is Cc1ccc(S(=O)(=O)O)cc1.Fc1ccc(C(=CCCN2CCC(c3ccccc3)(c3ccccc3)CC2)c2ccc(F)cc2)cc1. The summed E-state index contributed by atoms with van der Waals surface area (Å²) in [5, 5.41) is 0. The smallest absolute Gasteiger partial charge is 0.294 e. The molecule has 1 saturated heterocycles. The van der Waals surface area contributed by atoms with Gasteiger partial charge in [-0.05, 0) is 104 Å². The number of piperidine rings is 1.